The number of thioether (sulfide) groups is 1. The molecule has 0 aliphatic heterocycles. The van der Waals surface area contributed by atoms with Crippen molar-refractivity contribution in [1.82, 2.24) is 0 Å². The second kappa shape index (κ2) is 10.5. The van der Waals surface area contributed by atoms with Gasteiger partial charge in [-0.3, -0.25) is 9.52 Å². The maximum atomic E-state index is 13.0. The monoisotopic (exact) mass is 480 g/mol. The first kappa shape index (κ1) is 25.2. The Morgan fingerprint density at radius 3 is 1.97 bits per heavy atom. The minimum atomic E-state index is -4.13. The summed E-state index contributed by atoms with van der Waals surface area (Å²) < 4.78 is 37.7. The zero-order valence-electron chi connectivity index (χ0n) is 18.2. The summed E-state index contributed by atoms with van der Waals surface area (Å²) in [6, 6.07) is 8.05. The molecule has 0 aromatic heterocycles. The smallest absolute Gasteiger partial charge is 0.337 e. The van der Waals surface area contributed by atoms with E-state index >= 15 is 0 Å². The van der Waals surface area contributed by atoms with Gasteiger partial charge in [-0.25, -0.2) is 18.0 Å². The van der Waals surface area contributed by atoms with E-state index in [1.54, 1.807) is 26.2 Å². The lowest BCUT2D eigenvalue weighted by Gasteiger charge is -2.15. The number of esters is 2. The van der Waals surface area contributed by atoms with Crippen LogP contribution < -0.4 is 10.0 Å². The second-order valence-electron chi connectivity index (χ2n) is 6.89. The zero-order chi connectivity index (χ0) is 24.1. The van der Waals surface area contributed by atoms with Crippen LogP contribution in [0.15, 0.2) is 46.2 Å². The lowest BCUT2D eigenvalue weighted by atomic mass is 10.1. The molecule has 0 aliphatic rings. The molecule has 2 aromatic rings. The fourth-order valence-electron chi connectivity index (χ4n) is 2.60. The number of anilines is 2. The Morgan fingerprint density at radius 2 is 1.50 bits per heavy atom. The first-order chi connectivity index (χ1) is 15.0. The van der Waals surface area contributed by atoms with Crippen molar-refractivity contribution in [2.24, 2.45) is 5.92 Å². The highest BCUT2D eigenvalue weighted by atomic mass is 32.2. The van der Waals surface area contributed by atoms with Gasteiger partial charge in [0.25, 0.3) is 10.0 Å². The number of amides is 1. The number of nitrogens with one attached hydrogen (secondary N) is 2. The van der Waals surface area contributed by atoms with Crippen LogP contribution in [0.4, 0.5) is 11.4 Å². The molecule has 0 atom stereocenters. The molecule has 0 fully saturated rings. The first-order valence-electron chi connectivity index (χ1n) is 9.35. The number of carbonyl (C=O) groups excluding carboxylic acids is 3. The summed E-state index contributed by atoms with van der Waals surface area (Å²) in [6.45, 7) is 3.45. The summed E-state index contributed by atoms with van der Waals surface area (Å²) in [5.41, 5.74) is 0.263. The van der Waals surface area contributed by atoms with Gasteiger partial charge in [0.1, 0.15) is 0 Å². The molecule has 0 unspecified atom stereocenters. The number of rotatable bonds is 8. The molecule has 0 heterocycles. The maximum Gasteiger partial charge on any atom is 0.337 e. The lowest BCUT2D eigenvalue weighted by Crippen LogP contribution is -2.19. The van der Waals surface area contributed by atoms with Crippen molar-refractivity contribution >= 4 is 51.0 Å². The molecular formula is C21H24N2O7S2. The molecule has 9 nitrogen and oxygen atoms in total. The standard InChI is InChI=1S/C21H24N2O7S2/c1-12(2)19(24)22-17-11-16(6-7-18(17)31-5)32(27,28)23-15-9-13(20(25)29-3)8-14(10-15)21(26)30-4/h6-12,23H,1-5H3,(H,22,24). The average molecular weight is 481 g/mol. The third-order valence-electron chi connectivity index (χ3n) is 4.29. The number of hydrogen-bond donors (Lipinski definition) is 2. The van der Waals surface area contributed by atoms with Gasteiger partial charge >= 0.3 is 11.9 Å². The van der Waals surface area contributed by atoms with Crippen LogP contribution in [0.3, 0.4) is 0 Å². The second-order valence-corrected chi connectivity index (χ2v) is 9.42. The van der Waals surface area contributed by atoms with E-state index in [1.165, 1.54) is 42.1 Å². The van der Waals surface area contributed by atoms with Crippen molar-refractivity contribution in [2.75, 3.05) is 30.5 Å². The summed E-state index contributed by atoms with van der Waals surface area (Å²) in [7, 11) is -1.80. The van der Waals surface area contributed by atoms with Gasteiger partial charge in [0.15, 0.2) is 0 Å². The summed E-state index contributed by atoms with van der Waals surface area (Å²) in [5, 5.41) is 2.73. The number of benzene rings is 2. The van der Waals surface area contributed by atoms with Crippen LogP contribution in [0.2, 0.25) is 0 Å². The van der Waals surface area contributed by atoms with E-state index in [2.05, 4.69) is 19.5 Å². The number of carbonyl (C=O) groups is 3. The van der Waals surface area contributed by atoms with Crippen molar-refractivity contribution in [2.45, 2.75) is 23.6 Å². The van der Waals surface area contributed by atoms with Crippen molar-refractivity contribution in [1.29, 1.82) is 0 Å². The highest BCUT2D eigenvalue weighted by molar-refractivity contribution is 7.98. The highest BCUT2D eigenvalue weighted by Crippen LogP contribution is 2.30. The Morgan fingerprint density at radius 1 is 0.938 bits per heavy atom. The summed E-state index contributed by atoms with van der Waals surface area (Å²) >= 11 is 1.36. The van der Waals surface area contributed by atoms with Gasteiger partial charge in [0.05, 0.1) is 41.6 Å². The Bertz CT molecular complexity index is 1110. The van der Waals surface area contributed by atoms with Gasteiger partial charge in [-0.2, -0.15) is 0 Å². The highest BCUT2D eigenvalue weighted by Gasteiger charge is 2.20. The first-order valence-corrected chi connectivity index (χ1v) is 12.1. The molecule has 2 rings (SSSR count). The predicted octanol–water partition coefficient (Wildman–Crippen LogP) is 3.38. The fraction of sp³-hybridized carbons (Fsp3) is 0.286. The van der Waals surface area contributed by atoms with Gasteiger partial charge in [-0.15, -0.1) is 11.8 Å². The molecule has 2 N–H and O–H groups in total. The minimum absolute atomic E-state index is 0.0317. The maximum absolute atomic E-state index is 13.0. The molecule has 1 amide bonds. The molecule has 32 heavy (non-hydrogen) atoms. The average Bonchev–Trinajstić information content (AvgIpc) is 2.77. The summed E-state index contributed by atoms with van der Waals surface area (Å²) in [5.74, 6) is -2.05. The summed E-state index contributed by atoms with van der Waals surface area (Å²) in [6.07, 6.45) is 1.80. The Kier molecular flexibility index (Phi) is 8.28. The molecule has 0 radical (unpaired) electrons. The van der Waals surface area contributed by atoms with E-state index in [0.29, 0.717) is 10.6 Å². The van der Waals surface area contributed by atoms with Crippen LogP contribution in [-0.4, -0.2) is 46.7 Å². The van der Waals surface area contributed by atoms with E-state index in [0.717, 1.165) is 14.2 Å². The van der Waals surface area contributed by atoms with Crippen LogP contribution in [0, 0.1) is 5.92 Å². The molecule has 0 bridgehead atoms. The third-order valence-corrected chi connectivity index (χ3v) is 6.47. The molecule has 11 heteroatoms. The SMILES string of the molecule is COC(=O)c1cc(NS(=O)(=O)c2ccc(SC)c(NC(=O)C(C)C)c2)cc(C(=O)OC)c1. The van der Waals surface area contributed by atoms with Crippen molar-refractivity contribution in [3.63, 3.8) is 0 Å². The van der Waals surface area contributed by atoms with Crippen LogP contribution in [0.1, 0.15) is 34.6 Å². The Labute approximate surface area is 190 Å². The van der Waals surface area contributed by atoms with E-state index in [9.17, 15) is 22.8 Å². The molecule has 0 aliphatic carbocycles. The topological polar surface area (TPSA) is 128 Å². The Hall–Kier alpha value is -3.05. The lowest BCUT2D eigenvalue weighted by molar-refractivity contribution is -0.118. The largest absolute Gasteiger partial charge is 0.465 e. The molecule has 0 saturated heterocycles. The molecule has 0 saturated carbocycles. The predicted molar refractivity (Wildman–Crippen MR) is 122 cm³/mol. The van der Waals surface area contributed by atoms with E-state index in [1.807, 2.05) is 0 Å². The van der Waals surface area contributed by atoms with Gasteiger partial charge in [-0.05, 0) is 42.7 Å². The van der Waals surface area contributed by atoms with Crippen molar-refractivity contribution in [3.05, 3.63) is 47.5 Å². The van der Waals surface area contributed by atoms with Crippen LogP contribution >= 0.6 is 11.8 Å². The van der Waals surface area contributed by atoms with E-state index in [4.69, 9.17) is 0 Å². The molecular weight excluding hydrogens is 456 g/mol. The minimum Gasteiger partial charge on any atom is -0.465 e. The van der Waals surface area contributed by atoms with E-state index < -0.39 is 22.0 Å². The number of sulfonamides is 1. The zero-order valence-corrected chi connectivity index (χ0v) is 19.8. The Balaban J connectivity index is 2.48. The van der Waals surface area contributed by atoms with Crippen molar-refractivity contribution < 1.29 is 32.3 Å². The fourth-order valence-corrected chi connectivity index (χ4v) is 4.20. The van der Waals surface area contributed by atoms with Crippen LogP contribution in [0.25, 0.3) is 0 Å². The van der Waals surface area contributed by atoms with Crippen molar-refractivity contribution in [3.8, 4) is 0 Å². The number of methoxy groups -OCH3 is 2. The normalized spacial score (nSPS) is 11.1. The van der Waals surface area contributed by atoms with E-state index in [-0.39, 0.29) is 33.5 Å². The molecule has 0 spiro atoms. The number of hydrogen-bond acceptors (Lipinski definition) is 8. The van der Waals surface area contributed by atoms with Gasteiger partial charge in [-0.1, -0.05) is 13.8 Å². The molecule has 172 valence electrons. The van der Waals surface area contributed by atoms with Gasteiger partial charge in [0, 0.05) is 10.8 Å². The third kappa shape index (κ3) is 6.01. The molecule has 2 aromatic carbocycles. The number of ether oxygens (including phenoxy) is 2. The quantitative estimate of drug-likeness (QED) is 0.435. The van der Waals surface area contributed by atoms with Crippen LogP contribution in [0.5, 0.6) is 0 Å². The van der Waals surface area contributed by atoms with Crippen LogP contribution in [-0.2, 0) is 24.3 Å². The summed E-state index contributed by atoms with van der Waals surface area (Å²) in [4.78, 5) is 36.6. The van der Waals surface area contributed by atoms with Gasteiger partial charge < -0.3 is 14.8 Å². The van der Waals surface area contributed by atoms with Gasteiger partial charge in [0.2, 0.25) is 5.91 Å².